The third-order valence-corrected chi connectivity index (χ3v) is 5.08. The van der Waals surface area contributed by atoms with Crippen LogP contribution in [0.3, 0.4) is 0 Å². The molecule has 1 aromatic rings. The Bertz CT molecular complexity index is 436. The Morgan fingerprint density at radius 2 is 1.86 bits per heavy atom. The van der Waals surface area contributed by atoms with Gasteiger partial charge < -0.3 is 5.32 Å². The number of carbonyl (C=O) groups is 1. The van der Waals surface area contributed by atoms with E-state index in [1.807, 2.05) is 0 Å². The highest BCUT2D eigenvalue weighted by atomic mass is 16.1. The summed E-state index contributed by atoms with van der Waals surface area (Å²) in [5, 5.41) is 3.13. The first kappa shape index (κ1) is 16.1. The van der Waals surface area contributed by atoms with Crippen LogP contribution in [0.5, 0.6) is 0 Å². The van der Waals surface area contributed by atoms with E-state index in [0.29, 0.717) is 5.92 Å². The van der Waals surface area contributed by atoms with Gasteiger partial charge in [0.05, 0.1) is 0 Å². The summed E-state index contributed by atoms with van der Waals surface area (Å²) in [6, 6.07) is 10.9. The molecule has 0 spiro atoms. The van der Waals surface area contributed by atoms with E-state index < -0.39 is 0 Å². The van der Waals surface area contributed by atoms with Crippen LogP contribution in [0, 0.1) is 5.92 Å². The molecule has 1 aliphatic carbocycles. The number of amides is 1. The second-order valence-electron chi connectivity index (χ2n) is 6.52. The molecule has 1 atom stereocenters. The van der Waals surface area contributed by atoms with Crippen molar-refractivity contribution in [3.05, 3.63) is 35.9 Å². The summed E-state index contributed by atoms with van der Waals surface area (Å²) in [7, 11) is 0. The normalized spacial score (nSPS) is 19.0. The molecule has 2 rings (SSSR count). The van der Waals surface area contributed by atoms with Gasteiger partial charge in [-0.25, -0.2) is 0 Å². The Hall–Kier alpha value is -1.31. The van der Waals surface area contributed by atoms with Crippen LogP contribution < -0.4 is 5.32 Å². The zero-order valence-electron chi connectivity index (χ0n) is 13.5. The van der Waals surface area contributed by atoms with Gasteiger partial charge in [-0.3, -0.25) is 4.79 Å². The quantitative estimate of drug-likeness (QED) is 0.823. The number of hydrogen-bond donors (Lipinski definition) is 1. The molecular weight excluding hydrogens is 258 g/mol. The number of nitrogens with one attached hydrogen (secondary N) is 1. The fourth-order valence-corrected chi connectivity index (χ4v) is 4.07. The molecule has 1 fully saturated rings. The largest absolute Gasteiger partial charge is 0.355 e. The molecule has 0 heterocycles. The fraction of sp³-hybridized carbons (Fsp3) is 0.632. The molecule has 21 heavy (non-hydrogen) atoms. The van der Waals surface area contributed by atoms with Crippen LogP contribution in [0.15, 0.2) is 30.3 Å². The van der Waals surface area contributed by atoms with Gasteiger partial charge >= 0.3 is 0 Å². The minimum Gasteiger partial charge on any atom is -0.355 e. The highest BCUT2D eigenvalue weighted by Gasteiger charge is 2.39. The van der Waals surface area contributed by atoms with Gasteiger partial charge in [0.2, 0.25) is 5.91 Å². The molecule has 0 radical (unpaired) electrons. The van der Waals surface area contributed by atoms with Crippen LogP contribution >= 0.6 is 0 Å². The van der Waals surface area contributed by atoms with E-state index in [2.05, 4.69) is 42.6 Å². The molecule has 2 heteroatoms. The lowest BCUT2D eigenvalue weighted by atomic mass is 9.63. The van der Waals surface area contributed by atoms with Gasteiger partial charge in [0.15, 0.2) is 0 Å². The first-order valence-electron chi connectivity index (χ1n) is 8.49. The lowest BCUT2D eigenvalue weighted by Gasteiger charge is -2.43. The van der Waals surface area contributed by atoms with Crippen LogP contribution in [-0.2, 0) is 10.2 Å². The maximum Gasteiger partial charge on any atom is 0.216 e. The van der Waals surface area contributed by atoms with Gasteiger partial charge in [-0.2, -0.15) is 0 Å². The van der Waals surface area contributed by atoms with Gasteiger partial charge in [0.25, 0.3) is 0 Å². The van der Waals surface area contributed by atoms with Gasteiger partial charge in [-0.05, 0) is 30.7 Å². The minimum atomic E-state index is 0.0854. The van der Waals surface area contributed by atoms with Crippen LogP contribution in [-0.4, -0.2) is 12.5 Å². The first-order valence-corrected chi connectivity index (χ1v) is 8.49. The number of hydrogen-bond acceptors (Lipinski definition) is 1. The van der Waals surface area contributed by atoms with E-state index in [0.717, 1.165) is 19.4 Å². The third kappa shape index (κ3) is 3.87. The van der Waals surface area contributed by atoms with E-state index >= 15 is 0 Å². The van der Waals surface area contributed by atoms with Gasteiger partial charge in [-0.1, -0.05) is 62.9 Å². The molecule has 2 nitrogen and oxygen atoms in total. The molecule has 0 bridgehead atoms. The second-order valence-corrected chi connectivity index (χ2v) is 6.52. The first-order chi connectivity index (χ1) is 10.2. The van der Waals surface area contributed by atoms with Crippen molar-refractivity contribution in [2.45, 2.75) is 64.2 Å². The smallest absolute Gasteiger partial charge is 0.216 e. The summed E-state index contributed by atoms with van der Waals surface area (Å²) in [6.07, 6.45) is 8.95. The van der Waals surface area contributed by atoms with Gasteiger partial charge in [0, 0.05) is 18.9 Å². The van der Waals surface area contributed by atoms with Crippen LogP contribution in [0.2, 0.25) is 0 Å². The van der Waals surface area contributed by atoms with Crippen LogP contribution in [0.1, 0.15) is 64.4 Å². The highest BCUT2D eigenvalue weighted by molar-refractivity contribution is 5.73. The van der Waals surface area contributed by atoms with Crippen LogP contribution in [0.4, 0.5) is 0 Å². The monoisotopic (exact) mass is 287 g/mol. The Kier molecular flexibility index (Phi) is 5.84. The number of carbonyl (C=O) groups excluding carboxylic acids is 1. The van der Waals surface area contributed by atoms with E-state index in [9.17, 15) is 4.79 Å². The molecule has 0 aromatic heterocycles. The molecule has 1 unspecified atom stereocenters. The van der Waals surface area contributed by atoms with Crippen molar-refractivity contribution in [1.29, 1.82) is 0 Å². The van der Waals surface area contributed by atoms with Crippen molar-refractivity contribution >= 4 is 5.91 Å². The van der Waals surface area contributed by atoms with Crippen molar-refractivity contribution < 1.29 is 4.79 Å². The number of benzene rings is 1. The molecule has 1 amide bonds. The predicted molar refractivity (Wildman–Crippen MR) is 88.3 cm³/mol. The van der Waals surface area contributed by atoms with E-state index in [1.165, 1.54) is 37.7 Å². The molecule has 116 valence electrons. The maximum atomic E-state index is 11.5. The third-order valence-electron chi connectivity index (χ3n) is 5.08. The summed E-state index contributed by atoms with van der Waals surface area (Å²) >= 11 is 0. The van der Waals surface area contributed by atoms with Crippen molar-refractivity contribution in [3.63, 3.8) is 0 Å². The van der Waals surface area contributed by atoms with Crippen LogP contribution in [0.25, 0.3) is 0 Å². The lowest BCUT2D eigenvalue weighted by molar-refractivity contribution is -0.119. The maximum absolute atomic E-state index is 11.5. The predicted octanol–water partition coefficient (Wildman–Crippen LogP) is 4.44. The van der Waals surface area contributed by atoms with E-state index in [4.69, 9.17) is 0 Å². The minimum absolute atomic E-state index is 0.0854. The fourth-order valence-electron chi connectivity index (χ4n) is 4.07. The summed E-state index contributed by atoms with van der Waals surface area (Å²) in [6.45, 7) is 4.67. The molecule has 0 saturated heterocycles. The van der Waals surface area contributed by atoms with Gasteiger partial charge in [0.1, 0.15) is 0 Å². The molecule has 1 aromatic carbocycles. The Balaban J connectivity index is 2.34. The van der Waals surface area contributed by atoms with Crippen molar-refractivity contribution in [2.75, 3.05) is 6.54 Å². The Morgan fingerprint density at radius 3 is 2.43 bits per heavy atom. The Labute approximate surface area is 129 Å². The average molecular weight is 287 g/mol. The number of rotatable bonds is 6. The summed E-state index contributed by atoms with van der Waals surface area (Å²) < 4.78 is 0. The Morgan fingerprint density at radius 1 is 1.19 bits per heavy atom. The van der Waals surface area contributed by atoms with E-state index in [1.54, 1.807) is 6.92 Å². The molecule has 0 aliphatic heterocycles. The zero-order chi connectivity index (χ0) is 15.1. The topological polar surface area (TPSA) is 29.1 Å². The summed E-state index contributed by atoms with van der Waals surface area (Å²) in [4.78, 5) is 11.5. The van der Waals surface area contributed by atoms with E-state index in [-0.39, 0.29) is 11.3 Å². The molecule has 1 N–H and O–H groups in total. The van der Waals surface area contributed by atoms with Crippen molar-refractivity contribution in [3.8, 4) is 0 Å². The SMILES string of the molecule is CCCC(CNC(C)=O)(c1ccccc1)C1CCCCC1. The highest BCUT2D eigenvalue weighted by Crippen LogP contribution is 2.44. The van der Waals surface area contributed by atoms with Crippen molar-refractivity contribution in [2.24, 2.45) is 5.92 Å². The second kappa shape index (κ2) is 7.63. The lowest BCUT2D eigenvalue weighted by Crippen LogP contribution is -2.46. The molecule has 1 saturated carbocycles. The molecule has 1 aliphatic rings. The van der Waals surface area contributed by atoms with Crippen molar-refractivity contribution in [1.82, 2.24) is 5.32 Å². The average Bonchev–Trinajstić information content (AvgIpc) is 2.53. The summed E-state index contributed by atoms with van der Waals surface area (Å²) in [5.41, 5.74) is 1.52. The standard InChI is InChI=1S/C19H29NO/c1-3-14-19(15-20-16(2)21,17-10-6-4-7-11-17)18-12-8-5-9-13-18/h4,6-7,10-11,18H,3,5,8-9,12-15H2,1-2H3,(H,20,21). The molecular formula is C19H29NO. The van der Waals surface area contributed by atoms with Gasteiger partial charge in [-0.15, -0.1) is 0 Å². The summed E-state index contributed by atoms with van der Waals surface area (Å²) in [5.74, 6) is 0.780. The zero-order valence-corrected chi connectivity index (χ0v) is 13.5.